The number of nitrogens with zero attached hydrogens (tertiary/aromatic N) is 1. The number of piperidine rings is 1. The summed E-state index contributed by atoms with van der Waals surface area (Å²) in [5, 5.41) is 12.3. The van der Waals surface area contributed by atoms with Crippen molar-refractivity contribution in [2.45, 2.75) is 61.7 Å². The first-order chi connectivity index (χ1) is 12.9. The second-order valence-corrected chi connectivity index (χ2v) is 9.79. The van der Waals surface area contributed by atoms with Crippen LogP contribution in [-0.2, 0) is 16.6 Å². The van der Waals surface area contributed by atoms with Gasteiger partial charge in [-0.2, -0.15) is 0 Å². The largest absolute Gasteiger partial charge is 0.493 e. The van der Waals surface area contributed by atoms with Gasteiger partial charge in [0.15, 0.2) is 23.4 Å². The van der Waals surface area contributed by atoms with E-state index in [1.54, 1.807) is 7.11 Å². The highest BCUT2D eigenvalue weighted by Crippen LogP contribution is 2.66. The summed E-state index contributed by atoms with van der Waals surface area (Å²) in [5.41, 5.74) is 0.859. The predicted molar refractivity (Wildman–Crippen MR) is 99.0 cm³/mol. The summed E-state index contributed by atoms with van der Waals surface area (Å²) in [4.78, 5) is 12.9. The fourth-order valence-corrected chi connectivity index (χ4v) is 7.09. The van der Waals surface area contributed by atoms with Gasteiger partial charge in [-0.05, 0) is 30.9 Å². The second-order valence-electron chi connectivity index (χ2n) is 9.79. The lowest BCUT2D eigenvalue weighted by molar-refractivity contribution is -0.950. The fraction of sp³-hybridized carbons (Fsp3) is 0.682. The van der Waals surface area contributed by atoms with Crippen molar-refractivity contribution in [3.05, 3.63) is 23.3 Å². The van der Waals surface area contributed by atoms with Gasteiger partial charge in [-0.1, -0.05) is 6.07 Å². The SMILES string of the molecule is COc1ccc2c3c1O[C@H]1C(=O)CC[C@@]4(O)[C@@H](C2)[N@+](C)(CC2CC2)CC[C@]314. The van der Waals surface area contributed by atoms with Gasteiger partial charge in [0.1, 0.15) is 11.6 Å². The van der Waals surface area contributed by atoms with Gasteiger partial charge in [-0.15, -0.1) is 0 Å². The molecule has 0 unspecified atom stereocenters. The van der Waals surface area contributed by atoms with E-state index in [1.165, 1.54) is 18.4 Å². The second kappa shape index (κ2) is 4.87. The first kappa shape index (κ1) is 16.4. The number of aliphatic hydroxyl groups is 1. The molecule has 6 rings (SSSR count). The van der Waals surface area contributed by atoms with Crippen LogP contribution in [0.15, 0.2) is 12.1 Å². The number of ketones is 1. The Hall–Kier alpha value is -1.59. The molecule has 3 aliphatic carbocycles. The van der Waals surface area contributed by atoms with Crippen LogP contribution in [0.25, 0.3) is 0 Å². The van der Waals surface area contributed by atoms with E-state index in [0.29, 0.717) is 24.3 Å². The molecule has 144 valence electrons. The zero-order valence-electron chi connectivity index (χ0n) is 16.2. The summed E-state index contributed by atoms with van der Waals surface area (Å²) in [6.45, 7) is 2.16. The number of hydrogen-bond donors (Lipinski definition) is 1. The first-order valence-corrected chi connectivity index (χ1v) is 10.4. The quantitative estimate of drug-likeness (QED) is 0.827. The van der Waals surface area contributed by atoms with E-state index in [9.17, 15) is 9.90 Å². The van der Waals surface area contributed by atoms with E-state index in [2.05, 4.69) is 13.1 Å². The molecule has 0 aromatic heterocycles. The molecule has 1 aromatic carbocycles. The lowest BCUT2D eigenvalue weighted by Gasteiger charge is -2.64. The number of methoxy groups -OCH3 is 1. The zero-order valence-corrected chi connectivity index (χ0v) is 16.2. The first-order valence-electron chi connectivity index (χ1n) is 10.4. The molecule has 2 saturated carbocycles. The van der Waals surface area contributed by atoms with Crippen molar-refractivity contribution in [2.24, 2.45) is 5.92 Å². The number of benzene rings is 1. The molecule has 3 fully saturated rings. The Balaban J connectivity index is 1.59. The summed E-state index contributed by atoms with van der Waals surface area (Å²) in [6.07, 6.45) is 4.74. The molecule has 1 aromatic rings. The van der Waals surface area contributed by atoms with E-state index in [-0.39, 0.29) is 11.8 Å². The number of likely N-dealkylation sites (tertiary alicyclic amines) is 1. The number of carbonyl (C=O) groups is 1. The molecule has 2 bridgehead atoms. The van der Waals surface area contributed by atoms with E-state index >= 15 is 0 Å². The smallest absolute Gasteiger partial charge is 0.174 e. The minimum atomic E-state index is -0.877. The van der Waals surface area contributed by atoms with E-state index < -0.39 is 17.1 Å². The van der Waals surface area contributed by atoms with Crippen molar-refractivity contribution in [2.75, 3.05) is 27.2 Å². The molecular formula is C22H28NO4+. The molecule has 1 N–H and O–H groups in total. The molecule has 5 nitrogen and oxygen atoms in total. The molecule has 5 atom stereocenters. The lowest BCUT2D eigenvalue weighted by Crippen LogP contribution is -2.80. The molecule has 0 amide bonds. The monoisotopic (exact) mass is 370 g/mol. The van der Waals surface area contributed by atoms with Gasteiger partial charge in [0.25, 0.3) is 0 Å². The van der Waals surface area contributed by atoms with Crippen LogP contribution in [0.4, 0.5) is 0 Å². The molecule has 0 radical (unpaired) electrons. The summed E-state index contributed by atoms with van der Waals surface area (Å²) < 4.78 is 12.8. The average molecular weight is 370 g/mol. The van der Waals surface area contributed by atoms with Crippen LogP contribution in [-0.4, -0.2) is 60.4 Å². The Morgan fingerprint density at radius 3 is 2.89 bits per heavy atom. The van der Waals surface area contributed by atoms with E-state index in [1.807, 2.05) is 6.07 Å². The minimum Gasteiger partial charge on any atom is -0.493 e. The van der Waals surface area contributed by atoms with Gasteiger partial charge in [-0.3, -0.25) is 4.79 Å². The Kier molecular flexibility index (Phi) is 2.95. The number of Topliss-reactive ketones (excluding diaryl/α,β-unsaturated/α-hetero) is 1. The number of hydrogen-bond acceptors (Lipinski definition) is 4. The number of carbonyl (C=O) groups excluding carboxylic acids is 1. The Morgan fingerprint density at radius 1 is 1.33 bits per heavy atom. The highest BCUT2D eigenvalue weighted by atomic mass is 16.5. The van der Waals surface area contributed by atoms with Crippen molar-refractivity contribution < 1.29 is 23.9 Å². The summed E-state index contributed by atoms with van der Waals surface area (Å²) >= 11 is 0. The number of rotatable bonds is 3. The van der Waals surface area contributed by atoms with Gasteiger partial charge in [0.2, 0.25) is 0 Å². The highest BCUT2D eigenvalue weighted by Gasteiger charge is 2.76. The Morgan fingerprint density at radius 2 is 2.15 bits per heavy atom. The van der Waals surface area contributed by atoms with Crippen molar-refractivity contribution in [3.63, 3.8) is 0 Å². The maximum atomic E-state index is 12.9. The van der Waals surface area contributed by atoms with Crippen molar-refractivity contribution >= 4 is 5.78 Å². The summed E-state index contributed by atoms with van der Waals surface area (Å²) in [6, 6.07) is 4.25. The van der Waals surface area contributed by atoms with Crippen LogP contribution in [0, 0.1) is 5.92 Å². The average Bonchev–Trinajstić information content (AvgIpc) is 3.37. The van der Waals surface area contributed by atoms with Crippen molar-refractivity contribution in [1.29, 1.82) is 0 Å². The van der Waals surface area contributed by atoms with Crippen LogP contribution < -0.4 is 9.47 Å². The Bertz CT molecular complexity index is 864. The predicted octanol–water partition coefficient (Wildman–Crippen LogP) is 1.97. The van der Waals surface area contributed by atoms with E-state index in [4.69, 9.17) is 9.47 Å². The third-order valence-electron chi connectivity index (χ3n) is 8.48. The highest BCUT2D eigenvalue weighted by molar-refractivity contribution is 5.90. The maximum Gasteiger partial charge on any atom is 0.174 e. The molecular weight excluding hydrogens is 342 g/mol. The van der Waals surface area contributed by atoms with Crippen LogP contribution in [0.5, 0.6) is 11.5 Å². The molecule has 1 saturated heterocycles. The van der Waals surface area contributed by atoms with Crippen LogP contribution in [0.1, 0.15) is 43.2 Å². The summed E-state index contributed by atoms with van der Waals surface area (Å²) in [7, 11) is 3.98. The van der Waals surface area contributed by atoms with Gasteiger partial charge >= 0.3 is 0 Å². The van der Waals surface area contributed by atoms with Crippen molar-refractivity contribution in [3.8, 4) is 11.5 Å². The Labute approximate surface area is 159 Å². The molecule has 2 heterocycles. The number of likely N-dealkylation sites (N-methyl/N-ethyl adjacent to an activating group) is 1. The molecule has 5 aliphatic rings. The zero-order chi connectivity index (χ0) is 18.6. The van der Waals surface area contributed by atoms with Crippen LogP contribution >= 0.6 is 0 Å². The van der Waals surface area contributed by atoms with Crippen LogP contribution in [0.3, 0.4) is 0 Å². The number of ether oxygens (including phenoxy) is 2. The third-order valence-corrected chi connectivity index (χ3v) is 8.48. The van der Waals surface area contributed by atoms with Gasteiger partial charge < -0.3 is 19.1 Å². The topological polar surface area (TPSA) is 55.8 Å². The molecule has 2 aliphatic heterocycles. The van der Waals surface area contributed by atoms with Gasteiger partial charge in [0.05, 0.1) is 32.7 Å². The standard InChI is InChI=1S/C22H28NO4/c1-23(12-13-3-4-13)10-9-21-18-14-5-6-16(26-2)19(18)27-20(21)15(24)7-8-22(21,25)17(23)11-14/h5-6,13,17,20,25H,3-4,7-12H2,1-2H3/q+1/t17-,20+,21+,22-,23+/m1/s1. The minimum absolute atomic E-state index is 0.137. The van der Waals surface area contributed by atoms with Gasteiger partial charge in [0, 0.05) is 30.7 Å². The van der Waals surface area contributed by atoms with Crippen molar-refractivity contribution in [1.82, 2.24) is 0 Å². The molecule has 1 spiro atoms. The summed E-state index contributed by atoms with van der Waals surface area (Å²) in [5.74, 6) is 2.35. The molecule has 27 heavy (non-hydrogen) atoms. The fourth-order valence-electron chi connectivity index (χ4n) is 7.09. The third kappa shape index (κ3) is 1.76. The normalized spacial score (nSPS) is 43.9. The lowest BCUT2D eigenvalue weighted by atomic mass is 9.48. The maximum absolute atomic E-state index is 12.9. The van der Waals surface area contributed by atoms with Gasteiger partial charge in [-0.25, -0.2) is 0 Å². The van der Waals surface area contributed by atoms with E-state index in [0.717, 1.165) is 41.9 Å². The van der Waals surface area contributed by atoms with Crippen LogP contribution in [0.2, 0.25) is 0 Å². The number of quaternary nitrogens is 1. The molecule has 5 heteroatoms.